The Hall–Kier alpha value is -1.07. The summed E-state index contributed by atoms with van der Waals surface area (Å²) in [6.07, 6.45) is 1.22. The summed E-state index contributed by atoms with van der Waals surface area (Å²) in [5, 5.41) is 5.13. The summed E-state index contributed by atoms with van der Waals surface area (Å²) in [5.74, 6) is -0.166. The van der Waals surface area contributed by atoms with Crippen LogP contribution in [0.25, 0.3) is 0 Å². The average Bonchev–Trinajstić information content (AvgIpc) is 2.66. The van der Waals surface area contributed by atoms with E-state index in [-0.39, 0.29) is 5.97 Å². The smallest absolute Gasteiger partial charge is 0.305 e. The highest BCUT2D eigenvalue weighted by Crippen LogP contribution is 2.21. The molecule has 1 rings (SSSR count). The van der Waals surface area contributed by atoms with Crippen molar-refractivity contribution in [1.29, 1.82) is 0 Å². The Morgan fingerprint density at radius 2 is 2.21 bits per heavy atom. The van der Waals surface area contributed by atoms with Crippen molar-refractivity contribution in [2.45, 2.75) is 39.8 Å². The molecule has 0 aliphatic rings. The topological polar surface area (TPSA) is 47.4 Å². The second kappa shape index (κ2) is 7.50. The van der Waals surface area contributed by atoms with Gasteiger partial charge in [-0.25, -0.2) is 0 Å². The van der Waals surface area contributed by atoms with Gasteiger partial charge in [-0.2, -0.15) is 5.10 Å². The fourth-order valence-corrected chi connectivity index (χ4v) is 2.15. The van der Waals surface area contributed by atoms with E-state index < -0.39 is 0 Å². The fourth-order valence-electron chi connectivity index (χ4n) is 1.95. The number of methoxy groups -OCH3 is 1. The molecule has 0 fully saturated rings. The predicted molar refractivity (Wildman–Crippen MR) is 75.2 cm³/mol. The highest BCUT2D eigenvalue weighted by atomic mass is 35.5. The summed E-state index contributed by atoms with van der Waals surface area (Å²) in [6.45, 7) is 6.31. The lowest BCUT2D eigenvalue weighted by molar-refractivity contribution is -0.140. The molecule has 0 aliphatic carbocycles. The molecule has 0 aliphatic heterocycles. The minimum atomic E-state index is -0.166. The quantitative estimate of drug-likeness (QED) is 0.722. The molecule has 0 aromatic carbocycles. The molecular formula is C13H22ClN3O2. The van der Waals surface area contributed by atoms with Gasteiger partial charge in [-0.05, 0) is 33.9 Å². The lowest BCUT2D eigenvalue weighted by atomic mass is 10.3. The van der Waals surface area contributed by atoms with Crippen molar-refractivity contribution in [3.8, 4) is 0 Å². The van der Waals surface area contributed by atoms with E-state index in [1.165, 1.54) is 7.11 Å². The predicted octanol–water partition coefficient (Wildman–Crippen LogP) is 2.25. The number of carbonyl (C=O) groups excluding carboxylic acids is 1. The van der Waals surface area contributed by atoms with Crippen LogP contribution in [0.1, 0.15) is 31.2 Å². The number of aromatic nitrogens is 2. The molecule has 0 saturated carbocycles. The zero-order valence-electron chi connectivity index (χ0n) is 12.1. The zero-order valence-corrected chi connectivity index (χ0v) is 12.8. The van der Waals surface area contributed by atoms with Gasteiger partial charge in [0, 0.05) is 19.5 Å². The maximum Gasteiger partial charge on any atom is 0.305 e. The Kier molecular flexibility index (Phi) is 6.31. The van der Waals surface area contributed by atoms with Crippen molar-refractivity contribution in [3.05, 3.63) is 16.4 Å². The molecular weight excluding hydrogens is 266 g/mol. The van der Waals surface area contributed by atoms with E-state index in [1.54, 1.807) is 0 Å². The molecule has 6 heteroatoms. The van der Waals surface area contributed by atoms with Crippen LogP contribution in [0.2, 0.25) is 5.02 Å². The van der Waals surface area contributed by atoms with Crippen LogP contribution in [0.15, 0.2) is 0 Å². The number of carbonyl (C=O) groups is 1. The van der Waals surface area contributed by atoms with Gasteiger partial charge in [-0.1, -0.05) is 11.6 Å². The van der Waals surface area contributed by atoms with Crippen molar-refractivity contribution in [1.82, 2.24) is 14.7 Å². The molecule has 1 aromatic rings. The molecule has 0 bridgehead atoms. The average molecular weight is 288 g/mol. The van der Waals surface area contributed by atoms with Gasteiger partial charge < -0.3 is 9.64 Å². The van der Waals surface area contributed by atoms with E-state index >= 15 is 0 Å². The molecule has 108 valence electrons. The standard InChI is InChI=1S/C13H22ClN3O2/c1-5-17-11(13(14)10(2)15-17)9-16(3)8-6-7-12(18)19-4/h5-9H2,1-4H3. The molecule has 1 aromatic heterocycles. The number of ether oxygens (including phenoxy) is 1. The number of rotatable bonds is 7. The van der Waals surface area contributed by atoms with Crippen LogP contribution in [-0.4, -0.2) is 41.4 Å². The largest absolute Gasteiger partial charge is 0.469 e. The van der Waals surface area contributed by atoms with Crippen LogP contribution < -0.4 is 0 Å². The molecule has 1 heterocycles. The van der Waals surface area contributed by atoms with Crippen LogP contribution in [-0.2, 0) is 22.6 Å². The molecule has 19 heavy (non-hydrogen) atoms. The molecule has 0 amide bonds. The van der Waals surface area contributed by atoms with E-state index in [0.29, 0.717) is 6.42 Å². The van der Waals surface area contributed by atoms with Crippen LogP contribution in [0.4, 0.5) is 0 Å². The van der Waals surface area contributed by atoms with E-state index in [1.807, 2.05) is 25.6 Å². The number of hydrogen-bond donors (Lipinski definition) is 0. The first-order valence-electron chi connectivity index (χ1n) is 6.46. The maximum atomic E-state index is 11.0. The summed E-state index contributed by atoms with van der Waals surface area (Å²) in [4.78, 5) is 13.2. The first kappa shape index (κ1) is 16.0. The zero-order chi connectivity index (χ0) is 14.4. The Balaban J connectivity index is 2.52. The Morgan fingerprint density at radius 3 is 2.79 bits per heavy atom. The molecule has 0 N–H and O–H groups in total. The van der Waals surface area contributed by atoms with Gasteiger partial charge >= 0.3 is 5.97 Å². The van der Waals surface area contributed by atoms with E-state index in [0.717, 1.165) is 42.5 Å². The maximum absolute atomic E-state index is 11.0. The van der Waals surface area contributed by atoms with Gasteiger partial charge in [0.15, 0.2) is 0 Å². The third-order valence-corrected chi connectivity index (χ3v) is 3.51. The van der Waals surface area contributed by atoms with Gasteiger partial charge in [-0.3, -0.25) is 9.48 Å². The first-order chi connectivity index (χ1) is 8.99. The summed E-state index contributed by atoms with van der Waals surface area (Å²) < 4.78 is 6.54. The first-order valence-corrected chi connectivity index (χ1v) is 6.84. The highest BCUT2D eigenvalue weighted by Gasteiger charge is 2.14. The van der Waals surface area contributed by atoms with Crippen molar-refractivity contribution in [2.75, 3.05) is 20.7 Å². The molecule has 0 radical (unpaired) electrons. The highest BCUT2D eigenvalue weighted by molar-refractivity contribution is 6.31. The summed E-state index contributed by atoms with van der Waals surface area (Å²) in [6, 6.07) is 0. The number of hydrogen-bond acceptors (Lipinski definition) is 4. The second-order valence-corrected chi connectivity index (χ2v) is 4.96. The second-order valence-electron chi connectivity index (χ2n) is 4.58. The summed E-state index contributed by atoms with van der Waals surface area (Å²) in [5.41, 5.74) is 1.89. The third kappa shape index (κ3) is 4.51. The normalized spacial score (nSPS) is 11.1. The Labute approximate surface area is 119 Å². The SMILES string of the molecule is CCn1nc(C)c(Cl)c1CN(C)CCCC(=O)OC. The van der Waals surface area contributed by atoms with Crippen LogP contribution in [0.3, 0.4) is 0 Å². The summed E-state index contributed by atoms with van der Waals surface area (Å²) in [7, 11) is 3.42. The molecule has 0 spiro atoms. The Morgan fingerprint density at radius 1 is 1.53 bits per heavy atom. The lowest BCUT2D eigenvalue weighted by Gasteiger charge is -2.17. The van der Waals surface area contributed by atoms with Gasteiger partial charge in [0.1, 0.15) is 0 Å². The van der Waals surface area contributed by atoms with Crippen molar-refractivity contribution < 1.29 is 9.53 Å². The van der Waals surface area contributed by atoms with Crippen molar-refractivity contribution in [2.24, 2.45) is 0 Å². The molecule has 0 unspecified atom stereocenters. The van der Waals surface area contributed by atoms with E-state index in [2.05, 4.69) is 14.7 Å². The monoisotopic (exact) mass is 287 g/mol. The third-order valence-electron chi connectivity index (χ3n) is 3.02. The molecule has 5 nitrogen and oxygen atoms in total. The van der Waals surface area contributed by atoms with Crippen LogP contribution in [0, 0.1) is 6.92 Å². The van der Waals surface area contributed by atoms with E-state index in [9.17, 15) is 4.79 Å². The van der Waals surface area contributed by atoms with E-state index in [4.69, 9.17) is 11.6 Å². The molecule has 0 atom stereocenters. The fraction of sp³-hybridized carbons (Fsp3) is 0.692. The number of esters is 1. The van der Waals surface area contributed by atoms with Gasteiger partial charge in [-0.15, -0.1) is 0 Å². The lowest BCUT2D eigenvalue weighted by Crippen LogP contribution is -2.22. The van der Waals surface area contributed by atoms with Crippen LogP contribution >= 0.6 is 11.6 Å². The summed E-state index contributed by atoms with van der Waals surface area (Å²) >= 11 is 6.26. The van der Waals surface area contributed by atoms with Crippen LogP contribution in [0.5, 0.6) is 0 Å². The van der Waals surface area contributed by atoms with Gasteiger partial charge in [0.25, 0.3) is 0 Å². The number of halogens is 1. The van der Waals surface area contributed by atoms with Crippen molar-refractivity contribution >= 4 is 17.6 Å². The molecule has 0 saturated heterocycles. The van der Waals surface area contributed by atoms with Gasteiger partial charge in [0.2, 0.25) is 0 Å². The Bertz CT molecular complexity index is 432. The van der Waals surface area contributed by atoms with Crippen molar-refractivity contribution in [3.63, 3.8) is 0 Å². The minimum Gasteiger partial charge on any atom is -0.469 e. The minimum absolute atomic E-state index is 0.166. The number of nitrogens with zero attached hydrogens (tertiary/aromatic N) is 3. The van der Waals surface area contributed by atoms with Gasteiger partial charge in [0.05, 0.1) is 23.5 Å². The number of aryl methyl sites for hydroxylation is 2.